The number of hydrogen-bond donors (Lipinski definition) is 0. The summed E-state index contributed by atoms with van der Waals surface area (Å²) in [5.41, 5.74) is 2.29. The molecular weight excluding hydrogens is 196 g/mol. The molecule has 0 amide bonds. The van der Waals surface area contributed by atoms with Gasteiger partial charge in [-0.05, 0) is 0 Å². The van der Waals surface area contributed by atoms with E-state index in [4.69, 9.17) is 0 Å². The van der Waals surface area contributed by atoms with Crippen LogP contribution in [0.3, 0.4) is 0 Å². The molecule has 0 nitrogen and oxygen atoms in total. The summed E-state index contributed by atoms with van der Waals surface area (Å²) < 4.78 is 0. The molecule has 0 radical (unpaired) electrons. The molecular formula is C14H22Si. The molecule has 0 saturated heterocycles. The van der Waals surface area contributed by atoms with E-state index in [0.717, 1.165) is 0 Å². The Balaban J connectivity index is 3.03. The predicted octanol–water partition coefficient (Wildman–Crippen LogP) is 3.89. The van der Waals surface area contributed by atoms with E-state index in [1.54, 1.807) is 5.19 Å². The van der Waals surface area contributed by atoms with Gasteiger partial charge in [0.1, 0.15) is 8.07 Å². The fraction of sp³-hybridized carbons (Fsp3) is 0.429. The van der Waals surface area contributed by atoms with Crippen molar-refractivity contribution in [3.63, 3.8) is 0 Å². The zero-order valence-corrected chi connectivity index (χ0v) is 11.0. The first-order chi connectivity index (χ1) is 7.29. The molecule has 0 unspecified atom stereocenters. The third-order valence-electron chi connectivity index (χ3n) is 3.13. The number of benzene rings is 1. The minimum atomic E-state index is -1.38. The van der Waals surface area contributed by atoms with Crippen molar-refractivity contribution in [1.82, 2.24) is 0 Å². The summed E-state index contributed by atoms with van der Waals surface area (Å²) in [7, 11) is -1.38. The van der Waals surface area contributed by atoms with Crippen LogP contribution in [0.2, 0.25) is 12.1 Å². The summed E-state index contributed by atoms with van der Waals surface area (Å²) >= 11 is 0. The standard InChI is InChI=1S/C14H22Si/c1-4-12-15(6-3,13-5-2)14-10-8-7-9-11-14/h6-11H,3-5,12-13H2,1-2H3. The third-order valence-corrected chi connectivity index (χ3v) is 8.18. The van der Waals surface area contributed by atoms with Gasteiger partial charge in [0.2, 0.25) is 0 Å². The molecule has 0 aliphatic carbocycles. The molecule has 0 saturated carbocycles. The van der Waals surface area contributed by atoms with Crippen LogP contribution >= 0.6 is 0 Å². The van der Waals surface area contributed by atoms with E-state index in [-0.39, 0.29) is 0 Å². The maximum absolute atomic E-state index is 4.11. The van der Waals surface area contributed by atoms with E-state index in [0.29, 0.717) is 0 Å². The van der Waals surface area contributed by atoms with Crippen LogP contribution in [0.1, 0.15) is 26.7 Å². The van der Waals surface area contributed by atoms with Gasteiger partial charge in [-0.2, -0.15) is 0 Å². The van der Waals surface area contributed by atoms with Crippen LogP contribution in [0.25, 0.3) is 0 Å². The molecule has 0 atom stereocenters. The molecule has 1 rings (SSSR count). The van der Waals surface area contributed by atoms with Gasteiger partial charge in [0.05, 0.1) is 0 Å². The van der Waals surface area contributed by atoms with Gasteiger partial charge in [-0.3, -0.25) is 0 Å². The van der Waals surface area contributed by atoms with Crippen molar-refractivity contribution in [2.45, 2.75) is 38.8 Å². The van der Waals surface area contributed by atoms with E-state index < -0.39 is 8.07 Å². The van der Waals surface area contributed by atoms with Crippen molar-refractivity contribution in [2.24, 2.45) is 0 Å². The van der Waals surface area contributed by atoms with Crippen LogP contribution in [-0.4, -0.2) is 8.07 Å². The fourth-order valence-electron chi connectivity index (χ4n) is 2.40. The minimum Gasteiger partial charge on any atom is -0.107 e. The van der Waals surface area contributed by atoms with Crippen molar-refractivity contribution in [3.8, 4) is 0 Å². The molecule has 0 N–H and O–H groups in total. The Morgan fingerprint density at radius 3 is 2.00 bits per heavy atom. The second kappa shape index (κ2) is 5.91. The van der Waals surface area contributed by atoms with E-state index in [2.05, 4.69) is 56.5 Å². The number of hydrogen-bond acceptors (Lipinski definition) is 0. The van der Waals surface area contributed by atoms with Gasteiger partial charge >= 0.3 is 0 Å². The van der Waals surface area contributed by atoms with Crippen molar-refractivity contribution in [1.29, 1.82) is 0 Å². The van der Waals surface area contributed by atoms with Gasteiger partial charge in [0.15, 0.2) is 0 Å². The zero-order valence-electron chi connectivity index (χ0n) is 10.00. The molecule has 0 aliphatic heterocycles. The highest BCUT2D eigenvalue weighted by atomic mass is 28.3. The van der Waals surface area contributed by atoms with Crippen molar-refractivity contribution >= 4 is 13.3 Å². The average molecular weight is 218 g/mol. The largest absolute Gasteiger partial charge is 0.109 e. The summed E-state index contributed by atoms with van der Waals surface area (Å²) in [6.07, 6.45) is 2.54. The first-order valence-electron chi connectivity index (χ1n) is 5.98. The summed E-state index contributed by atoms with van der Waals surface area (Å²) in [5.74, 6) is 0. The van der Waals surface area contributed by atoms with E-state index >= 15 is 0 Å². The predicted molar refractivity (Wildman–Crippen MR) is 72.2 cm³/mol. The van der Waals surface area contributed by atoms with E-state index in [1.165, 1.54) is 24.9 Å². The van der Waals surface area contributed by atoms with Crippen molar-refractivity contribution < 1.29 is 0 Å². The molecule has 1 heteroatoms. The normalized spacial score (nSPS) is 11.3. The molecule has 0 spiro atoms. The average Bonchev–Trinajstić information content (AvgIpc) is 2.30. The summed E-state index contributed by atoms with van der Waals surface area (Å²) in [5, 5.41) is 1.56. The number of rotatable bonds is 6. The Morgan fingerprint density at radius 2 is 1.60 bits per heavy atom. The second-order valence-corrected chi connectivity index (χ2v) is 8.52. The lowest BCUT2D eigenvalue weighted by Gasteiger charge is -2.28. The molecule has 0 bridgehead atoms. The SMILES string of the molecule is C=C[Si](CCC)(CCC)c1ccccc1. The Hall–Kier alpha value is -0.823. The lowest BCUT2D eigenvalue weighted by atomic mass is 10.4. The smallest absolute Gasteiger partial charge is 0.107 e. The summed E-state index contributed by atoms with van der Waals surface area (Å²) in [4.78, 5) is 0. The van der Waals surface area contributed by atoms with Crippen molar-refractivity contribution in [2.75, 3.05) is 0 Å². The van der Waals surface area contributed by atoms with Gasteiger partial charge < -0.3 is 0 Å². The van der Waals surface area contributed by atoms with Gasteiger partial charge in [0, 0.05) is 0 Å². The maximum atomic E-state index is 4.11. The molecule has 82 valence electrons. The van der Waals surface area contributed by atoms with Crippen LogP contribution < -0.4 is 5.19 Å². The molecule has 15 heavy (non-hydrogen) atoms. The van der Waals surface area contributed by atoms with Crippen LogP contribution in [0.4, 0.5) is 0 Å². The monoisotopic (exact) mass is 218 g/mol. The van der Waals surface area contributed by atoms with Crippen LogP contribution in [0.15, 0.2) is 42.6 Å². The first-order valence-corrected chi connectivity index (χ1v) is 8.47. The lowest BCUT2D eigenvalue weighted by molar-refractivity contribution is 0.997. The molecule has 1 aromatic carbocycles. The Labute approximate surface area is 95.0 Å². The van der Waals surface area contributed by atoms with Crippen LogP contribution in [-0.2, 0) is 0 Å². The van der Waals surface area contributed by atoms with E-state index in [9.17, 15) is 0 Å². The molecule has 1 aromatic rings. The van der Waals surface area contributed by atoms with Crippen LogP contribution in [0.5, 0.6) is 0 Å². The summed E-state index contributed by atoms with van der Waals surface area (Å²) in [6.45, 7) is 8.67. The highest BCUT2D eigenvalue weighted by molar-refractivity contribution is 6.95. The lowest BCUT2D eigenvalue weighted by Crippen LogP contribution is -2.45. The fourth-order valence-corrected chi connectivity index (χ4v) is 6.51. The topological polar surface area (TPSA) is 0 Å². The van der Waals surface area contributed by atoms with Gasteiger partial charge in [-0.15, -0.1) is 6.58 Å². The van der Waals surface area contributed by atoms with Gasteiger partial charge in [-0.1, -0.05) is 80.0 Å². The Morgan fingerprint density at radius 1 is 1.07 bits per heavy atom. The minimum absolute atomic E-state index is 1.27. The quantitative estimate of drug-likeness (QED) is 0.636. The highest BCUT2D eigenvalue weighted by Crippen LogP contribution is 2.20. The molecule has 0 aromatic heterocycles. The Bertz CT molecular complexity index is 283. The Kier molecular flexibility index (Phi) is 4.83. The highest BCUT2D eigenvalue weighted by Gasteiger charge is 2.29. The summed E-state index contributed by atoms with van der Waals surface area (Å²) in [6, 6.07) is 13.7. The van der Waals surface area contributed by atoms with Crippen molar-refractivity contribution in [3.05, 3.63) is 42.6 Å². The molecule has 0 fully saturated rings. The third kappa shape index (κ3) is 2.82. The second-order valence-electron chi connectivity index (χ2n) is 4.23. The van der Waals surface area contributed by atoms with Gasteiger partial charge in [0.25, 0.3) is 0 Å². The van der Waals surface area contributed by atoms with E-state index in [1.807, 2.05) is 0 Å². The molecule has 0 aliphatic rings. The molecule has 0 heterocycles. The van der Waals surface area contributed by atoms with Gasteiger partial charge in [-0.25, -0.2) is 0 Å². The first kappa shape index (κ1) is 12.2. The zero-order chi connectivity index (χ0) is 11.1. The maximum Gasteiger partial charge on any atom is 0.109 e. The van der Waals surface area contributed by atoms with Crippen LogP contribution in [0, 0.1) is 0 Å².